The van der Waals surface area contributed by atoms with Crippen LogP contribution in [0.3, 0.4) is 0 Å². The van der Waals surface area contributed by atoms with E-state index >= 15 is 0 Å². The van der Waals surface area contributed by atoms with Crippen LogP contribution in [0.4, 0.5) is 0 Å². The lowest BCUT2D eigenvalue weighted by Gasteiger charge is -2.09. The summed E-state index contributed by atoms with van der Waals surface area (Å²) in [6.45, 7) is 1.96. The van der Waals surface area contributed by atoms with E-state index in [2.05, 4.69) is 46.9 Å². The highest BCUT2D eigenvalue weighted by molar-refractivity contribution is 8.00. The van der Waals surface area contributed by atoms with Gasteiger partial charge in [-0.2, -0.15) is 0 Å². The van der Waals surface area contributed by atoms with Crippen molar-refractivity contribution in [1.29, 1.82) is 0 Å². The molecule has 4 rings (SSSR count). The maximum absolute atomic E-state index is 5.74. The quantitative estimate of drug-likeness (QED) is 0.302. The van der Waals surface area contributed by atoms with Gasteiger partial charge in [-0.25, -0.2) is 0 Å². The summed E-state index contributed by atoms with van der Waals surface area (Å²) < 4.78 is 5.74. The molecule has 3 aromatic rings. The molecule has 1 aliphatic rings. The van der Waals surface area contributed by atoms with Gasteiger partial charge in [0, 0.05) is 17.7 Å². The maximum Gasteiger partial charge on any atom is 0.151 e. The van der Waals surface area contributed by atoms with Crippen molar-refractivity contribution in [2.24, 2.45) is 5.16 Å². The standard InChI is InChI=1S/C25H26N2O2S/c1-2-6-22(7-3-1)23-8-4-5-21(15-23)17-27-29-14-13-28-24-11-9-20(10-12-24)16-25-18-26-19-30-25/h1-12,15,17,25-26H,13-14,16,18-19H2. The van der Waals surface area contributed by atoms with Crippen LogP contribution in [0.25, 0.3) is 11.1 Å². The molecule has 0 spiro atoms. The molecule has 0 saturated carbocycles. The predicted octanol–water partition coefficient (Wildman–Crippen LogP) is 4.99. The average Bonchev–Trinajstić information content (AvgIpc) is 3.31. The molecule has 1 unspecified atom stereocenters. The first kappa shape index (κ1) is 20.5. The molecular formula is C25H26N2O2S. The van der Waals surface area contributed by atoms with Crippen molar-refractivity contribution in [3.05, 3.63) is 90.0 Å². The van der Waals surface area contributed by atoms with Gasteiger partial charge in [-0.05, 0) is 46.9 Å². The number of ether oxygens (including phenoxy) is 1. The first-order valence-corrected chi connectivity index (χ1v) is 11.3. The van der Waals surface area contributed by atoms with Crippen LogP contribution in [0.1, 0.15) is 11.1 Å². The fourth-order valence-corrected chi connectivity index (χ4v) is 4.37. The van der Waals surface area contributed by atoms with E-state index < -0.39 is 0 Å². The fraction of sp³-hybridized carbons (Fsp3) is 0.240. The summed E-state index contributed by atoms with van der Waals surface area (Å²) in [5.41, 5.74) is 4.70. The number of oxime groups is 1. The van der Waals surface area contributed by atoms with Gasteiger partial charge in [0.15, 0.2) is 6.61 Å². The third kappa shape index (κ3) is 6.12. The Morgan fingerprint density at radius 2 is 1.77 bits per heavy atom. The molecule has 1 atom stereocenters. The molecule has 0 aliphatic carbocycles. The summed E-state index contributed by atoms with van der Waals surface area (Å²) in [5.74, 6) is 1.92. The molecular weight excluding hydrogens is 392 g/mol. The number of nitrogens with zero attached hydrogens (tertiary/aromatic N) is 1. The van der Waals surface area contributed by atoms with Crippen LogP contribution < -0.4 is 10.1 Å². The molecule has 4 nitrogen and oxygen atoms in total. The first-order valence-electron chi connectivity index (χ1n) is 10.2. The lowest BCUT2D eigenvalue weighted by atomic mass is 10.0. The Morgan fingerprint density at radius 1 is 0.933 bits per heavy atom. The summed E-state index contributed by atoms with van der Waals surface area (Å²) in [5, 5.41) is 8.13. The molecule has 0 radical (unpaired) electrons. The van der Waals surface area contributed by atoms with E-state index in [1.54, 1.807) is 6.21 Å². The minimum atomic E-state index is 0.404. The Labute approximate surface area is 182 Å². The summed E-state index contributed by atoms with van der Waals surface area (Å²) in [6.07, 6.45) is 2.83. The highest BCUT2D eigenvalue weighted by atomic mass is 32.2. The van der Waals surface area contributed by atoms with E-state index in [1.807, 2.05) is 54.2 Å². The van der Waals surface area contributed by atoms with E-state index in [1.165, 1.54) is 11.1 Å². The number of hydrogen-bond donors (Lipinski definition) is 1. The normalized spacial score (nSPS) is 16.1. The van der Waals surface area contributed by atoms with Gasteiger partial charge in [-0.1, -0.05) is 65.8 Å². The highest BCUT2D eigenvalue weighted by Crippen LogP contribution is 2.21. The van der Waals surface area contributed by atoms with Crippen molar-refractivity contribution < 1.29 is 9.57 Å². The molecule has 0 bridgehead atoms. The van der Waals surface area contributed by atoms with Crippen LogP contribution in [0, 0.1) is 0 Å². The molecule has 1 heterocycles. The Bertz CT molecular complexity index is 939. The van der Waals surface area contributed by atoms with Gasteiger partial charge in [0.2, 0.25) is 0 Å². The Balaban J connectivity index is 1.18. The topological polar surface area (TPSA) is 42.9 Å². The number of rotatable bonds is 9. The average molecular weight is 419 g/mol. The van der Waals surface area contributed by atoms with Crippen LogP contribution in [0.5, 0.6) is 5.75 Å². The van der Waals surface area contributed by atoms with E-state index in [9.17, 15) is 0 Å². The van der Waals surface area contributed by atoms with E-state index in [0.29, 0.717) is 18.5 Å². The van der Waals surface area contributed by atoms with Gasteiger partial charge in [0.1, 0.15) is 12.4 Å². The largest absolute Gasteiger partial charge is 0.490 e. The van der Waals surface area contributed by atoms with Crippen LogP contribution in [-0.2, 0) is 11.3 Å². The van der Waals surface area contributed by atoms with Crippen molar-refractivity contribution in [2.45, 2.75) is 11.7 Å². The van der Waals surface area contributed by atoms with Crippen LogP contribution in [-0.4, -0.2) is 37.1 Å². The highest BCUT2D eigenvalue weighted by Gasteiger charge is 2.15. The fourth-order valence-electron chi connectivity index (χ4n) is 3.35. The zero-order valence-corrected chi connectivity index (χ0v) is 17.7. The molecule has 5 heteroatoms. The minimum Gasteiger partial charge on any atom is -0.490 e. The minimum absolute atomic E-state index is 0.404. The van der Waals surface area contributed by atoms with Crippen molar-refractivity contribution in [2.75, 3.05) is 25.6 Å². The van der Waals surface area contributed by atoms with E-state index in [-0.39, 0.29) is 0 Å². The molecule has 154 valence electrons. The summed E-state index contributed by atoms with van der Waals surface area (Å²) >= 11 is 1.99. The lowest BCUT2D eigenvalue weighted by molar-refractivity contribution is 0.108. The second kappa shape index (κ2) is 10.9. The van der Waals surface area contributed by atoms with Gasteiger partial charge in [0.05, 0.1) is 6.21 Å². The third-order valence-corrected chi connectivity index (χ3v) is 6.07. The number of benzene rings is 3. The van der Waals surface area contributed by atoms with Crippen molar-refractivity contribution in [3.8, 4) is 16.9 Å². The SMILES string of the molecule is C(=NOCCOc1ccc(CC2CNCS2)cc1)c1cccc(-c2ccccc2)c1. The second-order valence-electron chi connectivity index (χ2n) is 7.14. The van der Waals surface area contributed by atoms with Crippen molar-refractivity contribution >= 4 is 18.0 Å². The predicted molar refractivity (Wildman–Crippen MR) is 125 cm³/mol. The summed E-state index contributed by atoms with van der Waals surface area (Å²) in [7, 11) is 0. The van der Waals surface area contributed by atoms with Gasteiger partial charge in [-0.15, -0.1) is 11.8 Å². The molecule has 1 saturated heterocycles. The maximum atomic E-state index is 5.74. The van der Waals surface area contributed by atoms with E-state index in [4.69, 9.17) is 9.57 Å². The molecule has 3 aromatic carbocycles. The monoisotopic (exact) mass is 418 g/mol. The van der Waals surface area contributed by atoms with Crippen molar-refractivity contribution in [3.63, 3.8) is 0 Å². The molecule has 0 amide bonds. The Hall–Kier alpha value is -2.76. The molecule has 1 N–H and O–H groups in total. The van der Waals surface area contributed by atoms with Gasteiger partial charge in [0.25, 0.3) is 0 Å². The third-order valence-electron chi connectivity index (χ3n) is 4.89. The lowest BCUT2D eigenvalue weighted by Crippen LogP contribution is -2.14. The van der Waals surface area contributed by atoms with Crippen molar-refractivity contribution in [1.82, 2.24) is 5.32 Å². The van der Waals surface area contributed by atoms with Crippen LogP contribution in [0.2, 0.25) is 0 Å². The zero-order valence-electron chi connectivity index (χ0n) is 16.9. The first-order chi connectivity index (χ1) is 14.9. The Morgan fingerprint density at radius 3 is 2.57 bits per heavy atom. The summed E-state index contributed by atoms with van der Waals surface area (Å²) in [6, 6.07) is 26.9. The van der Waals surface area contributed by atoms with Gasteiger partial charge < -0.3 is 14.9 Å². The molecule has 30 heavy (non-hydrogen) atoms. The van der Waals surface area contributed by atoms with Gasteiger partial charge >= 0.3 is 0 Å². The number of hydrogen-bond acceptors (Lipinski definition) is 5. The summed E-state index contributed by atoms with van der Waals surface area (Å²) in [4.78, 5) is 5.35. The van der Waals surface area contributed by atoms with Crippen LogP contribution in [0.15, 0.2) is 84.0 Å². The second-order valence-corrected chi connectivity index (χ2v) is 8.43. The number of thioether (sulfide) groups is 1. The van der Waals surface area contributed by atoms with Crippen LogP contribution >= 0.6 is 11.8 Å². The molecule has 1 fully saturated rings. The smallest absolute Gasteiger partial charge is 0.151 e. The van der Waals surface area contributed by atoms with Gasteiger partial charge in [-0.3, -0.25) is 0 Å². The molecule has 0 aromatic heterocycles. The molecule has 1 aliphatic heterocycles. The zero-order chi connectivity index (χ0) is 20.4. The number of nitrogens with one attached hydrogen (secondary N) is 1. The van der Waals surface area contributed by atoms with E-state index in [0.717, 1.165) is 35.7 Å². The Kier molecular flexibility index (Phi) is 7.42.